The van der Waals surface area contributed by atoms with Crippen LogP contribution in [0.5, 0.6) is 5.75 Å². The molecule has 1 aromatic heterocycles. The molecule has 2 aromatic rings. The predicted molar refractivity (Wildman–Crippen MR) is 123 cm³/mol. The van der Waals surface area contributed by atoms with Crippen molar-refractivity contribution >= 4 is 40.8 Å². The van der Waals surface area contributed by atoms with E-state index in [2.05, 4.69) is 35.4 Å². The highest BCUT2D eigenvalue weighted by atomic mass is 35.5. The Kier molecular flexibility index (Phi) is 7.10. The average molecular weight is 456 g/mol. The highest BCUT2D eigenvalue weighted by Gasteiger charge is 2.31. The minimum absolute atomic E-state index is 0.0237. The Morgan fingerprint density at radius 1 is 1.21 bits per heavy atom. The molecule has 0 saturated carbocycles. The van der Waals surface area contributed by atoms with E-state index in [0.29, 0.717) is 16.0 Å². The van der Waals surface area contributed by atoms with Crippen molar-refractivity contribution in [2.75, 3.05) is 18.0 Å². The van der Waals surface area contributed by atoms with Gasteiger partial charge >= 0.3 is 0 Å². The quantitative estimate of drug-likeness (QED) is 0.527. The Labute approximate surface area is 185 Å². The summed E-state index contributed by atoms with van der Waals surface area (Å²) in [6.45, 7) is 8.12. The van der Waals surface area contributed by atoms with Crippen molar-refractivity contribution in [2.24, 2.45) is 5.92 Å². The Balaban J connectivity index is 1.80. The second-order valence-electron chi connectivity index (χ2n) is 8.37. The van der Waals surface area contributed by atoms with Crippen molar-refractivity contribution in [1.82, 2.24) is 9.71 Å². The number of hydrogen-bond acceptors (Lipinski definition) is 5. The van der Waals surface area contributed by atoms with Gasteiger partial charge in [0.25, 0.3) is 0 Å². The third-order valence-electron chi connectivity index (χ3n) is 5.03. The lowest BCUT2D eigenvalue weighted by Gasteiger charge is -2.38. The van der Waals surface area contributed by atoms with E-state index in [-0.39, 0.29) is 22.1 Å². The summed E-state index contributed by atoms with van der Waals surface area (Å²) in [5, 5.41) is 11.4. The zero-order chi connectivity index (χ0) is 21.2. The highest BCUT2D eigenvalue weighted by molar-refractivity contribution is 7.98. The van der Waals surface area contributed by atoms with Crippen molar-refractivity contribution in [2.45, 2.75) is 44.4 Å². The van der Waals surface area contributed by atoms with Crippen LogP contribution in [0.15, 0.2) is 35.3 Å². The average Bonchev–Trinajstić information content (AvgIpc) is 2.65. The predicted octanol–water partition coefficient (Wildman–Crippen LogP) is 5.38. The number of piperidine rings is 1. The van der Waals surface area contributed by atoms with Crippen LogP contribution in [0, 0.1) is 5.92 Å². The summed E-state index contributed by atoms with van der Waals surface area (Å²) in [5.74, 6) is 0.467. The zero-order valence-electron chi connectivity index (χ0n) is 16.8. The Hall–Kier alpha value is -1.34. The molecule has 1 aliphatic heterocycles. The molecule has 1 saturated heterocycles. The lowest BCUT2D eigenvalue weighted by atomic mass is 9.85. The van der Waals surface area contributed by atoms with E-state index in [9.17, 15) is 9.90 Å². The smallest absolute Gasteiger partial charge is 0.249 e. The number of anilines is 1. The van der Waals surface area contributed by atoms with E-state index in [1.807, 2.05) is 6.07 Å². The molecule has 1 aliphatic rings. The summed E-state index contributed by atoms with van der Waals surface area (Å²) < 4.78 is 3.60. The second-order valence-corrected chi connectivity index (χ2v) is 10.8. The van der Waals surface area contributed by atoms with Gasteiger partial charge < -0.3 is 15.0 Å². The molecule has 3 N–H and O–H groups in total. The number of nitrogens with zero attached hydrogens (tertiary/aromatic N) is 1. The number of nitrogens with one attached hydrogen (secondary N) is 2. The SMILES string of the molecule is CC(C)(C)SNC(c1cc(Cl)c(Cl)cc1O)C1CCN(c2cc[nH]c(=O)c2)CC1. The van der Waals surface area contributed by atoms with Gasteiger partial charge in [-0.25, -0.2) is 0 Å². The van der Waals surface area contributed by atoms with Crippen LogP contribution in [0.25, 0.3) is 0 Å². The molecule has 0 aliphatic carbocycles. The molecular formula is C21H27Cl2N3O2S. The number of phenolic OH excluding ortho intramolecular Hbond substituents is 1. The van der Waals surface area contributed by atoms with E-state index in [0.717, 1.165) is 37.2 Å². The fraction of sp³-hybridized carbons (Fsp3) is 0.476. The van der Waals surface area contributed by atoms with Gasteiger partial charge in [0.2, 0.25) is 5.56 Å². The molecule has 0 radical (unpaired) electrons. The van der Waals surface area contributed by atoms with E-state index >= 15 is 0 Å². The molecule has 1 atom stereocenters. The number of halogens is 2. The third-order valence-corrected chi connectivity index (χ3v) is 6.74. The van der Waals surface area contributed by atoms with Gasteiger partial charge in [0.15, 0.2) is 0 Å². The Morgan fingerprint density at radius 2 is 1.86 bits per heavy atom. The molecule has 158 valence electrons. The molecule has 1 aromatic carbocycles. The topological polar surface area (TPSA) is 68.4 Å². The van der Waals surface area contributed by atoms with Crippen LogP contribution < -0.4 is 15.2 Å². The van der Waals surface area contributed by atoms with Crippen LogP contribution >= 0.6 is 35.1 Å². The van der Waals surface area contributed by atoms with Gasteiger partial charge in [-0.1, -0.05) is 35.1 Å². The molecular weight excluding hydrogens is 429 g/mol. The van der Waals surface area contributed by atoms with Crippen molar-refractivity contribution in [3.05, 3.63) is 56.4 Å². The Morgan fingerprint density at radius 3 is 2.48 bits per heavy atom. The maximum absolute atomic E-state index is 11.6. The van der Waals surface area contributed by atoms with Gasteiger partial charge in [-0.2, -0.15) is 0 Å². The number of pyridine rings is 1. The summed E-state index contributed by atoms with van der Waals surface area (Å²) >= 11 is 14.0. The van der Waals surface area contributed by atoms with E-state index in [4.69, 9.17) is 23.2 Å². The fourth-order valence-corrected chi connectivity index (χ4v) is 4.71. The number of benzene rings is 1. The first-order valence-electron chi connectivity index (χ1n) is 9.69. The van der Waals surface area contributed by atoms with Crippen molar-refractivity contribution in [3.63, 3.8) is 0 Å². The second kappa shape index (κ2) is 9.21. The summed E-state index contributed by atoms with van der Waals surface area (Å²) in [6, 6.07) is 6.79. The molecule has 2 heterocycles. The number of H-pyrrole nitrogens is 1. The van der Waals surface area contributed by atoms with E-state index in [1.165, 1.54) is 6.07 Å². The normalized spacial score (nSPS) is 16.8. The van der Waals surface area contributed by atoms with Crippen LogP contribution in [0.3, 0.4) is 0 Å². The summed E-state index contributed by atoms with van der Waals surface area (Å²) in [4.78, 5) is 16.5. The molecule has 3 rings (SSSR count). The minimum atomic E-state index is -0.0912. The van der Waals surface area contributed by atoms with E-state index in [1.54, 1.807) is 30.3 Å². The zero-order valence-corrected chi connectivity index (χ0v) is 19.2. The van der Waals surface area contributed by atoms with Crippen LogP contribution in [-0.2, 0) is 0 Å². The number of rotatable bonds is 5. The molecule has 0 amide bonds. The lowest BCUT2D eigenvalue weighted by molar-refractivity contribution is 0.324. The van der Waals surface area contributed by atoms with Gasteiger partial charge in [-0.3, -0.25) is 9.52 Å². The van der Waals surface area contributed by atoms with Gasteiger partial charge in [-0.05, 0) is 51.7 Å². The monoisotopic (exact) mass is 455 g/mol. The summed E-state index contributed by atoms with van der Waals surface area (Å²) in [7, 11) is 0. The number of aromatic nitrogens is 1. The Bertz CT molecular complexity index is 906. The maximum atomic E-state index is 11.6. The van der Waals surface area contributed by atoms with Gasteiger partial charge in [0.05, 0.1) is 10.0 Å². The first kappa shape index (κ1) is 22.3. The van der Waals surface area contributed by atoms with Gasteiger partial charge in [0.1, 0.15) is 5.75 Å². The van der Waals surface area contributed by atoms with Crippen LogP contribution in [0.4, 0.5) is 5.69 Å². The number of phenols is 1. The molecule has 1 unspecified atom stereocenters. The van der Waals surface area contributed by atoms with Crippen LogP contribution in [0.1, 0.15) is 45.2 Å². The summed E-state index contributed by atoms with van der Waals surface area (Å²) in [5.41, 5.74) is 1.62. The first-order valence-corrected chi connectivity index (χ1v) is 11.3. The van der Waals surface area contributed by atoms with Crippen molar-refractivity contribution in [3.8, 4) is 5.75 Å². The van der Waals surface area contributed by atoms with Crippen LogP contribution in [0.2, 0.25) is 10.0 Å². The number of aromatic hydroxyl groups is 1. The van der Waals surface area contributed by atoms with Crippen LogP contribution in [-0.4, -0.2) is 27.9 Å². The molecule has 8 heteroatoms. The molecule has 1 fully saturated rings. The third kappa shape index (κ3) is 5.85. The highest BCUT2D eigenvalue weighted by Crippen LogP contribution is 2.41. The van der Waals surface area contributed by atoms with Crippen molar-refractivity contribution in [1.29, 1.82) is 0 Å². The molecule has 29 heavy (non-hydrogen) atoms. The number of aromatic amines is 1. The summed E-state index contributed by atoms with van der Waals surface area (Å²) in [6.07, 6.45) is 3.53. The lowest BCUT2D eigenvalue weighted by Crippen LogP contribution is -2.39. The molecule has 0 bridgehead atoms. The fourth-order valence-electron chi connectivity index (χ4n) is 3.58. The largest absolute Gasteiger partial charge is 0.508 e. The molecule has 0 spiro atoms. The minimum Gasteiger partial charge on any atom is -0.508 e. The van der Waals surface area contributed by atoms with Crippen molar-refractivity contribution < 1.29 is 5.11 Å². The molecule has 5 nitrogen and oxygen atoms in total. The van der Waals surface area contributed by atoms with Gasteiger partial charge in [-0.15, -0.1) is 0 Å². The maximum Gasteiger partial charge on any atom is 0.249 e. The number of hydrogen-bond donors (Lipinski definition) is 3. The van der Waals surface area contributed by atoms with E-state index < -0.39 is 0 Å². The van der Waals surface area contributed by atoms with Gasteiger partial charge in [0, 0.05) is 53.5 Å². The standard InChI is InChI=1S/C21H27Cl2N3O2S/c1-21(2,3)29-25-20(15-11-16(22)17(23)12-18(15)27)13-5-8-26(9-6-13)14-4-7-24-19(28)10-14/h4,7,10-13,20,25,27H,5-6,8-9H2,1-3H3,(H,24,28). The first-order chi connectivity index (χ1) is 13.6.